The molecule has 1 aliphatic rings. The molecule has 0 aliphatic carbocycles. The molecule has 1 unspecified atom stereocenters. The van der Waals surface area contributed by atoms with Crippen LogP contribution in [-0.4, -0.2) is 23.3 Å². The molecule has 1 saturated heterocycles. The molecule has 2 heterocycles. The van der Waals surface area contributed by atoms with Crippen molar-refractivity contribution in [3.8, 4) is 0 Å². The van der Waals surface area contributed by atoms with Gasteiger partial charge in [0.25, 0.3) is 0 Å². The molecule has 0 saturated carbocycles. The Balaban J connectivity index is 1.47. The number of hydrogen-bond acceptors (Lipinski definition) is 4. The topological polar surface area (TPSA) is 75.4 Å². The summed E-state index contributed by atoms with van der Waals surface area (Å²) in [7, 11) is 0. The van der Waals surface area contributed by atoms with Gasteiger partial charge in [-0.25, -0.2) is 4.98 Å². The third kappa shape index (κ3) is 3.06. The van der Waals surface area contributed by atoms with Gasteiger partial charge in [0.1, 0.15) is 5.52 Å². The molecule has 132 valence electrons. The molecule has 1 aromatic heterocycles. The number of carbonyl (C=O) groups is 2. The van der Waals surface area contributed by atoms with Gasteiger partial charge in [-0.15, -0.1) is 0 Å². The molecule has 1 aliphatic heterocycles. The van der Waals surface area contributed by atoms with Crippen LogP contribution in [0.5, 0.6) is 0 Å². The third-order valence-electron chi connectivity index (χ3n) is 4.60. The lowest BCUT2D eigenvalue weighted by Gasteiger charge is -2.17. The summed E-state index contributed by atoms with van der Waals surface area (Å²) in [6.45, 7) is 4.17. The van der Waals surface area contributed by atoms with Gasteiger partial charge in [0.05, 0.1) is 5.92 Å². The maximum absolute atomic E-state index is 12.6. The van der Waals surface area contributed by atoms with E-state index >= 15 is 0 Å². The first-order valence-corrected chi connectivity index (χ1v) is 8.55. The van der Waals surface area contributed by atoms with Gasteiger partial charge >= 0.3 is 0 Å². The van der Waals surface area contributed by atoms with Crippen molar-refractivity contribution in [1.29, 1.82) is 0 Å². The Kier molecular flexibility index (Phi) is 3.95. The van der Waals surface area contributed by atoms with E-state index in [1.54, 1.807) is 30.0 Å². The van der Waals surface area contributed by atoms with E-state index in [1.807, 2.05) is 31.2 Å². The monoisotopic (exact) mass is 349 g/mol. The molecule has 1 fully saturated rings. The van der Waals surface area contributed by atoms with Crippen LogP contribution in [0.4, 0.5) is 11.4 Å². The van der Waals surface area contributed by atoms with Gasteiger partial charge in [-0.3, -0.25) is 9.59 Å². The first-order valence-electron chi connectivity index (χ1n) is 8.55. The Hall–Kier alpha value is -3.15. The number of aromatic nitrogens is 1. The number of rotatable bonds is 3. The largest absolute Gasteiger partial charge is 0.441 e. The molecule has 3 aromatic rings. The molecule has 0 bridgehead atoms. The Morgan fingerprint density at radius 2 is 1.96 bits per heavy atom. The van der Waals surface area contributed by atoms with Crippen molar-refractivity contribution in [2.45, 2.75) is 20.3 Å². The summed E-state index contributed by atoms with van der Waals surface area (Å²) in [5.74, 6) is 0.0151. The molecule has 0 spiro atoms. The molecule has 26 heavy (non-hydrogen) atoms. The van der Waals surface area contributed by atoms with Gasteiger partial charge in [0, 0.05) is 31.3 Å². The second-order valence-corrected chi connectivity index (χ2v) is 6.65. The Morgan fingerprint density at radius 1 is 1.19 bits per heavy atom. The van der Waals surface area contributed by atoms with E-state index in [2.05, 4.69) is 10.3 Å². The Morgan fingerprint density at radius 3 is 2.73 bits per heavy atom. The minimum absolute atomic E-state index is 0.0309. The predicted molar refractivity (Wildman–Crippen MR) is 99.0 cm³/mol. The van der Waals surface area contributed by atoms with Crippen LogP contribution in [0.25, 0.3) is 11.1 Å². The van der Waals surface area contributed by atoms with Gasteiger partial charge in [-0.2, -0.15) is 0 Å². The zero-order valence-corrected chi connectivity index (χ0v) is 14.7. The summed E-state index contributed by atoms with van der Waals surface area (Å²) < 4.78 is 5.44. The van der Waals surface area contributed by atoms with Crippen molar-refractivity contribution in [1.82, 2.24) is 4.98 Å². The van der Waals surface area contributed by atoms with Crippen LogP contribution in [0.3, 0.4) is 0 Å². The van der Waals surface area contributed by atoms with Crippen molar-refractivity contribution in [3.05, 3.63) is 53.9 Å². The molecule has 2 amide bonds. The van der Waals surface area contributed by atoms with E-state index in [-0.39, 0.29) is 24.2 Å². The highest BCUT2D eigenvalue weighted by Crippen LogP contribution is 2.27. The lowest BCUT2D eigenvalue weighted by Crippen LogP contribution is -2.28. The van der Waals surface area contributed by atoms with Gasteiger partial charge in [-0.05, 0) is 37.3 Å². The fourth-order valence-corrected chi connectivity index (χ4v) is 3.22. The highest BCUT2D eigenvalue weighted by atomic mass is 16.3. The van der Waals surface area contributed by atoms with Crippen LogP contribution in [0.1, 0.15) is 17.9 Å². The van der Waals surface area contributed by atoms with Crippen molar-refractivity contribution >= 4 is 34.3 Å². The van der Waals surface area contributed by atoms with Crippen molar-refractivity contribution < 1.29 is 14.0 Å². The predicted octanol–water partition coefficient (Wildman–Crippen LogP) is 3.44. The summed E-state index contributed by atoms with van der Waals surface area (Å²) >= 11 is 0. The third-order valence-corrected chi connectivity index (χ3v) is 4.60. The average molecular weight is 349 g/mol. The lowest BCUT2D eigenvalue weighted by atomic mass is 10.1. The number of carbonyl (C=O) groups excluding carboxylic acids is 2. The van der Waals surface area contributed by atoms with Crippen LogP contribution in [0.2, 0.25) is 0 Å². The highest BCUT2D eigenvalue weighted by molar-refractivity contribution is 6.03. The summed E-state index contributed by atoms with van der Waals surface area (Å²) in [4.78, 5) is 30.9. The van der Waals surface area contributed by atoms with Gasteiger partial charge in [0.15, 0.2) is 11.5 Å². The Bertz CT molecular complexity index is 991. The highest BCUT2D eigenvalue weighted by Gasteiger charge is 2.35. The summed E-state index contributed by atoms with van der Waals surface area (Å²) in [6, 6.07) is 13.1. The minimum Gasteiger partial charge on any atom is -0.441 e. The van der Waals surface area contributed by atoms with E-state index in [4.69, 9.17) is 4.42 Å². The summed E-state index contributed by atoms with van der Waals surface area (Å²) in [5.41, 5.74) is 3.99. The summed E-state index contributed by atoms with van der Waals surface area (Å²) in [6.07, 6.45) is 0.213. The number of anilines is 2. The molecular weight excluding hydrogens is 330 g/mol. The molecule has 2 aromatic carbocycles. The molecule has 6 nitrogen and oxygen atoms in total. The first kappa shape index (κ1) is 16.3. The van der Waals surface area contributed by atoms with E-state index in [1.165, 1.54) is 0 Å². The molecule has 1 N–H and O–H groups in total. The quantitative estimate of drug-likeness (QED) is 0.786. The molecule has 1 atom stereocenters. The zero-order chi connectivity index (χ0) is 18.3. The number of oxazole rings is 1. The molecule has 4 rings (SSSR count). The fraction of sp³-hybridized carbons (Fsp3) is 0.250. The second kappa shape index (κ2) is 6.29. The van der Waals surface area contributed by atoms with Crippen LogP contribution in [0.15, 0.2) is 46.9 Å². The number of fused-ring (bicyclic) bond motifs is 1. The second-order valence-electron chi connectivity index (χ2n) is 6.65. The van der Waals surface area contributed by atoms with Crippen LogP contribution >= 0.6 is 0 Å². The number of nitrogens with one attached hydrogen (secondary N) is 1. The first-order chi connectivity index (χ1) is 12.5. The van der Waals surface area contributed by atoms with Crippen LogP contribution in [-0.2, 0) is 9.59 Å². The average Bonchev–Trinajstić information content (AvgIpc) is 3.17. The maximum atomic E-state index is 12.6. The Labute approximate surface area is 150 Å². The number of hydrogen-bond donors (Lipinski definition) is 1. The van der Waals surface area contributed by atoms with E-state index < -0.39 is 0 Å². The van der Waals surface area contributed by atoms with Gasteiger partial charge in [0.2, 0.25) is 11.8 Å². The van der Waals surface area contributed by atoms with Crippen molar-refractivity contribution in [2.24, 2.45) is 5.92 Å². The van der Waals surface area contributed by atoms with Crippen LogP contribution in [0, 0.1) is 19.8 Å². The van der Waals surface area contributed by atoms with Gasteiger partial charge < -0.3 is 14.6 Å². The van der Waals surface area contributed by atoms with Crippen molar-refractivity contribution in [2.75, 3.05) is 16.8 Å². The SMILES string of the molecule is Cc1ccc(N2CC(C(=O)Nc3ccc4oc(C)nc4c3)CC2=O)cc1. The normalized spacial score (nSPS) is 17.1. The minimum atomic E-state index is -0.376. The van der Waals surface area contributed by atoms with E-state index in [9.17, 15) is 9.59 Å². The maximum Gasteiger partial charge on any atom is 0.229 e. The molecule has 6 heteroatoms. The van der Waals surface area contributed by atoms with E-state index in [0.717, 1.165) is 11.3 Å². The smallest absolute Gasteiger partial charge is 0.229 e. The van der Waals surface area contributed by atoms with Gasteiger partial charge in [-0.1, -0.05) is 17.7 Å². The van der Waals surface area contributed by atoms with Crippen molar-refractivity contribution in [3.63, 3.8) is 0 Å². The zero-order valence-electron chi connectivity index (χ0n) is 14.7. The number of benzene rings is 2. The number of aryl methyl sites for hydroxylation is 2. The molecular formula is C20H19N3O3. The van der Waals surface area contributed by atoms with E-state index in [0.29, 0.717) is 29.2 Å². The van der Waals surface area contributed by atoms with Crippen LogP contribution < -0.4 is 10.2 Å². The fourth-order valence-electron chi connectivity index (χ4n) is 3.22. The molecule has 0 radical (unpaired) electrons. The standard InChI is InChI=1S/C20H19N3O3/c1-12-3-6-16(7-4-12)23-11-14(9-19(23)24)20(25)22-15-5-8-18-17(10-15)21-13(2)26-18/h3-8,10,14H,9,11H2,1-2H3,(H,22,25). The lowest BCUT2D eigenvalue weighted by molar-refractivity contribution is -0.122. The number of amides is 2. The summed E-state index contributed by atoms with van der Waals surface area (Å²) in [5, 5.41) is 2.89. The number of nitrogens with zero attached hydrogens (tertiary/aromatic N) is 2.